The number of hydrogen-bond donors (Lipinski definition) is 1. The summed E-state index contributed by atoms with van der Waals surface area (Å²) in [6, 6.07) is 0.767. The molecule has 0 radical (unpaired) electrons. The fourth-order valence-corrected chi connectivity index (χ4v) is 3.34. The molecule has 0 amide bonds. The number of hydrogen-bond acceptors (Lipinski definition) is 4. The molecule has 0 bridgehead atoms. The van der Waals surface area contributed by atoms with Crippen molar-refractivity contribution in [3.8, 4) is 0 Å². The van der Waals surface area contributed by atoms with E-state index in [1.165, 1.54) is 52.3 Å². The van der Waals surface area contributed by atoms with Crippen molar-refractivity contribution in [3.63, 3.8) is 0 Å². The van der Waals surface area contributed by atoms with Crippen LogP contribution < -0.4 is 5.32 Å². The number of likely N-dealkylation sites (N-methyl/N-ethyl adjacent to an activating group) is 1. The molecule has 1 N–H and O–H groups in total. The molecule has 2 atom stereocenters. The van der Waals surface area contributed by atoms with Gasteiger partial charge in [0.15, 0.2) is 0 Å². The van der Waals surface area contributed by atoms with E-state index in [-0.39, 0.29) is 5.97 Å². The van der Waals surface area contributed by atoms with E-state index in [4.69, 9.17) is 4.74 Å². The van der Waals surface area contributed by atoms with Crippen LogP contribution in [0.3, 0.4) is 0 Å². The first kappa shape index (κ1) is 18.4. The van der Waals surface area contributed by atoms with Crippen LogP contribution in [0.5, 0.6) is 0 Å². The molecule has 0 aromatic heterocycles. The third-order valence-electron chi connectivity index (χ3n) is 5.03. The zero-order chi connectivity index (χ0) is 15.7. The Hall–Kier alpha value is -0.610. The maximum absolute atomic E-state index is 11.8. The topological polar surface area (TPSA) is 41.6 Å². The van der Waals surface area contributed by atoms with Crippen molar-refractivity contribution in [1.82, 2.24) is 10.2 Å². The highest BCUT2D eigenvalue weighted by atomic mass is 16.5. The number of carbonyl (C=O) groups is 1. The SMILES string of the molecule is CCC1CCCCCN1CCCCC(C)(NC)C(=O)OC. The molecule has 4 nitrogen and oxygen atoms in total. The molecule has 21 heavy (non-hydrogen) atoms. The molecule has 0 aromatic rings. The second kappa shape index (κ2) is 9.42. The highest BCUT2D eigenvalue weighted by Crippen LogP contribution is 2.21. The lowest BCUT2D eigenvalue weighted by atomic mass is 9.95. The van der Waals surface area contributed by atoms with Gasteiger partial charge < -0.3 is 15.0 Å². The lowest BCUT2D eigenvalue weighted by molar-refractivity contribution is -0.148. The molecular formula is C17H34N2O2. The lowest BCUT2D eigenvalue weighted by Gasteiger charge is -2.30. The van der Waals surface area contributed by atoms with Crippen LogP contribution in [-0.2, 0) is 9.53 Å². The molecule has 4 heteroatoms. The predicted molar refractivity (Wildman–Crippen MR) is 87.5 cm³/mol. The molecule has 1 saturated heterocycles. The second-order valence-electron chi connectivity index (χ2n) is 6.48. The zero-order valence-electron chi connectivity index (χ0n) is 14.4. The Balaban J connectivity index is 2.36. The normalized spacial score (nSPS) is 23.3. The van der Waals surface area contributed by atoms with Crippen LogP contribution in [0.1, 0.15) is 65.2 Å². The third kappa shape index (κ3) is 5.59. The quantitative estimate of drug-likeness (QED) is 0.552. The Morgan fingerprint density at radius 1 is 1.33 bits per heavy atom. The van der Waals surface area contributed by atoms with E-state index in [0.717, 1.165) is 25.3 Å². The van der Waals surface area contributed by atoms with Gasteiger partial charge in [0.25, 0.3) is 0 Å². The Kier molecular flexibility index (Phi) is 8.27. The first-order valence-corrected chi connectivity index (χ1v) is 8.58. The number of unbranched alkanes of at least 4 members (excludes halogenated alkanes) is 1. The number of carbonyl (C=O) groups excluding carboxylic acids is 1. The molecule has 0 spiro atoms. The first-order valence-electron chi connectivity index (χ1n) is 8.58. The second-order valence-corrected chi connectivity index (χ2v) is 6.48. The van der Waals surface area contributed by atoms with Gasteiger partial charge in [0.1, 0.15) is 5.54 Å². The molecule has 1 fully saturated rings. The fraction of sp³-hybridized carbons (Fsp3) is 0.941. The Morgan fingerprint density at radius 2 is 2.10 bits per heavy atom. The molecule has 124 valence electrons. The first-order chi connectivity index (χ1) is 10.1. The van der Waals surface area contributed by atoms with Gasteiger partial charge in [0.2, 0.25) is 0 Å². The van der Waals surface area contributed by atoms with Crippen LogP contribution in [0.25, 0.3) is 0 Å². The minimum Gasteiger partial charge on any atom is -0.468 e. The summed E-state index contributed by atoms with van der Waals surface area (Å²) in [7, 11) is 3.29. The van der Waals surface area contributed by atoms with Gasteiger partial charge in [-0.1, -0.05) is 19.8 Å². The fourth-order valence-electron chi connectivity index (χ4n) is 3.34. The number of nitrogens with zero attached hydrogens (tertiary/aromatic N) is 1. The Labute approximate surface area is 130 Å². The number of methoxy groups -OCH3 is 1. The van der Waals surface area contributed by atoms with Crippen molar-refractivity contribution in [2.45, 2.75) is 76.8 Å². The van der Waals surface area contributed by atoms with Crippen LogP contribution in [0, 0.1) is 0 Å². The van der Waals surface area contributed by atoms with Gasteiger partial charge in [0.05, 0.1) is 7.11 Å². The molecule has 1 aliphatic rings. The lowest BCUT2D eigenvalue weighted by Crippen LogP contribution is -2.48. The summed E-state index contributed by atoms with van der Waals surface area (Å²) in [4.78, 5) is 14.5. The van der Waals surface area contributed by atoms with Crippen LogP contribution in [0.4, 0.5) is 0 Å². The van der Waals surface area contributed by atoms with Crippen molar-refractivity contribution >= 4 is 5.97 Å². The third-order valence-corrected chi connectivity index (χ3v) is 5.03. The maximum atomic E-state index is 11.8. The van der Waals surface area contributed by atoms with Crippen molar-refractivity contribution in [2.24, 2.45) is 0 Å². The van der Waals surface area contributed by atoms with Crippen molar-refractivity contribution < 1.29 is 9.53 Å². The summed E-state index contributed by atoms with van der Waals surface area (Å²) in [5.74, 6) is -0.161. The summed E-state index contributed by atoms with van der Waals surface area (Å²) >= 11 is 0. The molecule has 1 aliphatic heterocycles. The van der Waals surface area contributed by atoms with E-state index in [1.54, 1.807) is 0 Å². The van der Waals surface area contributed by atoms with Crippen LogP contribution in [-0.4, -0.2) is 49.7 Å². The van der Waals surface area contributed by atoms with E-state index >= 15 is 0 Å². The van der Waals surface area contributed by atoms with Gasteiger partial charge in [-0.15, -0.1) is 0 Å². The van der Waals surface area contributed by atoms with Crippen molar-refractivity contribution in [2.75, 3.05) is 27.2 Å². The molecule has 1 heterocycles. The van der Waals surface area contributed by atoms with Gasteiger partial charge in [-0.2, -0.15) is 0 Å². The van der Waals surface area contributed by atoms with Crippen LogP contribution >= 0.6 is 0 Å². The number of likely N-dealkylation sites (tertiary alicyclic amines) is 1. The summed E-state index contributed by atoms with van der Waals surface area (Å²) in [5, 5.41) is 3.11. The summed E-state index contributed by atoms with van der Waals surface area (Å²) in [5.41, 5.74) is -0.544. The highest BCUT2D eigenvalue weighted by molar-refractivity contribution is 5.80. The van der Waals surface area contributed by atoms with Crippen molar-refractivity contribution in [3.05, 3.63) is 0 Å². The number of ether oxygens (including phenoxy) is 1. The van der Waals surface area contributed by atoms with E-state index in [1.807, 2.05) is 14.0 Å². The van der Waals surface area contributed by atoms with Gasteiger partial charge in [0, 0.05) is 6.04 Å². The Morgan fingerprint density at radius 3 is 2.71 bits per heavy atom. The average molecular weight is 298 g/mol. The maximum Gasteiger partial charge on any atom is 0.325 e. The number of nitrogens with one attached hydrogen (secondary N) is 1. The van der Waals surface area contributed by atoms with Gasteiger partial charge in [-0.05, 0) is 65.6 Å². The average Bonchev–Trinajstić information content (AvgIpc) is 2.75. The molecule has 0 aromatic carbocycles. The van der Waals surface area contributed by atoms with Gasteiger partial charge >= 0.3 is 5.97 Å². The van der Waals surface area contributed by atoms with E-state index in [9.17, 15) is 4.79 Å². The monoisotopic (exact) mass is 298 g/mol. The largest absolute Gasteiger partial charge is 0.468 e. The van der Waals surface area contributed by atoms with Gasteiger partial charge in [-0.25, -0.2) is 0 Å². The number of rotatable bonds is 8. The van der Waals surface area contributed by atoms with E-state index in [0.29, 0.717) is 0 Å². The standard InChI is InChI=1S/C17H34N2O2/c1-5-15-11-7-6-9-13-19(15)14-10-8-12-17(2,18-3)16(20)21-4/h15,18H,5-14H2,1-4H3. The van der Waals surface area contributed by atoms with Gasteiger partial charge in [-0.3, -0.25) is 4.79 Å². The van der Waals surface area contributed by atoms with Crippen LogP contribution in [0.2, 0.25) is 0 Å². The van der Waals surface area contributed by atoms with E-state index in [2.05, 4.69) is 17.1 Å². The molecular weight excluding hydrogens is 264 g/mol. The summed E-state index contributed by atoms with van der Waals surface area (Å²) in [6.45, 7) is 6.65. The smallest absolute Gasteiger partial charge is 0.325 e. The molecule has 0 saturated carbocycles. The number of esters is 1. The minimum absolute atomic E-state index is 0.161. The molecule has 2 unspecified atom stereocenters. The van der Waals surface area contributed by atoms with Crippen molar-refractivity contribution in [1.29, 1.82) is 0 Å². The summed E-state index contributed by atoms with van der Waals surface area (Å²) < 4.78 is 4.89. The predicted octanol–water partition coefficient (Wildman–Crippen LogP) is 2.96. The zero-order valence-corrected chi connectivity index (χ0v) is 14.4. The Bertz CT molecular complexity index is 309. The van der Waals surface area contributed by atoms with E-state index < -0.39 is 5.54 Å². The molecule has 0 aliphatic carbocycles. The summed E-state index contributed by atoms with van der Waals surface area (Å²) in [6.07, 6.45) is 9.77. The minimum atomic E-state index is -0.544. The highest BCUT2D eigenvalue weighted by Gasteiger charge is 2.31. The molecule has 1 rings (SSSR count). The van der Waals surface area contributed by atoms with Crippen LogP contribution in [0.15, 0.2) is 0 Å².